The number of carbonyl (C=O) groups is 1. The molecule has 2 aromatic rings. The molecule has 0 radical (unpaired) electrons. The molecule has 1 heterocycles. The molecular formula is C15H18N2O2S. The SMILES string of the molecule is CCOC(=O)c1sc(-c2ccc(N)cc2)nc1C(C)C. The first-order valence-electron chi connectivity index (χ1n) is 6.56. The zero-order valence-corrected chi connectivity index (χ0v) is 12.7. The van der Waals surface area contributed by atoms with E-state index in [2.05, 4.69) is 4.98 Å². The average Bonchev–Trinajstić information content (AvgIpc) is 2.85. The van der Waals surface area contributed by atoms with Gasteiger partial charge in [0, 0.05) is 11.3 Å². The lowest BCUT2D eigenvalue weighted by molar-refractivity contribution is 0.0530. The lowest BCUT2D eigenvalue weighted by atomic mass is 10.1. The molecule has 1 aromatic carbocycles. The number of nitrogens with two attached hydrogens (primary N) is 1. The molecule has 5 heteroatoms. The van der Waals surface area contributed by atoms with Crippen molar-refractivity contribution in [2.24, 2.45) is 0 Å². The van der Waals surface area contributed by atoms with Crippen LogP contribution in [0.25, 0.3) is 10.6 Å². The van der Waals surface area contributed by atoms with Crippen molar-refractivity contribution in [2.75, 3.05) is 12.3 Å². The summed E-state index contributed by atoms with van der Waals surface area (Å²) in [5.41, 5.74) is 8.14. The topological polar surface area (TPSA) is 65.2 Å². The fourth-order valence-electron chi connectivity index (χ4n) is 1.82. The predicted octanol–water partition coefficient (Wildman–Crippen LogP) is 3.69. The summed E-state index contributed by atoms with van der Waals surface area (Å²) >= 11 is 1.37. The van der Waals surface area contributed by atoms with E-state index in [1.165, 1.54) is 11.3 Å². The fourth-order valence-corrected chi connectivity index (χ4v) is 2.93. The molecule has 0 amide bonds. The van der Waals surface area contributed by atoms with E-state index < -0.39 is 0 Å². The van der Waals surface area contributed by atoms with E-state index in [0.717, 1.165) is 16.3 Å². The second kappa shape index (κ2) is 6.05. The van der Waals surface area contributed by atoms with Crippen molar-refractivity contribution in [2.45, 2.75) is 26.7 Å². The molecule has 0 bridgehead atoms. The highest BCUT2D eigenvalue weighted by Crippen LogP contribution is 2.32. The molecule has 2 rings (SSSR count). The van der Waals surface area contributed by atoms with Crippen LogP contribution in [0.15, 0.2) is 24.3 Å². The Morgan fingerprint density at radius 3 is 2.55 bits per heavy atom. The third-order valence-corrected chi connectivity index (χ3v) is 3.92. The lowest BCUT2D eigenvalue weighted by Gasteiger charge is -2.04. The summed E-state index contributed by atoms with van der Waals surface area (Å²) in [5, 5.41) is 0.816. The molecule has 2 N–H and O–H groups in total. The first-order valence-corrected chi connectivity index (χ1v) is 7.38. The van der Waals surface area contributed by atoms with Crippen molar-refractivity contribution in [1.29, 1.82) is 0 Å². The van der Waals surface area contributed by atoms with Gasteiger partial charge in [-0.3, -0.25) is 0 Å². The predicted molar refractivity (Wildman–Crippen MR) is 82.0 cm³/mol. The zero-order chi connectivity index (χ0) is 14.7. The van der Waals surface area contributed by atoms with Gasteiger partial charge in [-0.1, -0.05) is 13.8 Å². The largest absolute Gasteiger partial charge is 0.462 e. The van der Waals surface area contributed by atoms with Crippen LogP contribution in [0, 0.1) is 0 Å². The van der Waals surface area contributed by atoms with Crippen molar-refractivity contribution in [3.63, 3.8) is 0 Å². The van der Waals surface area contributed by atoms with Gasteiger partial charge in [0.15, 0.2) is 0 Å². The van der Waals surface area contributed by atoms with Crippen LogP contribution in [0.3, 0.4) is 0 Å². The van der Waals surface area contributed by atoms with Gasteiger partial charge in [-0.15, -0.1) is 11.3 Å². The van der Waals surface area contributed by atoms with Gasteiger partial charge in [0.05, 0.1) is 12.3 Å². The van der Waals surface area contributed by atoms with Gasteiger partial charge >= 0.3 is 5.97 Å². The van der Waals surface area contributed by atoms with Crippen LogP contribution in [0.4, 0.5) is 5.69 Å². The summed E-state index contributed by atoms with van der Waals surface area (Å²) in [4.78, 5) is 17.2. The van der Waals surface area contributed by atoms with Gasteiger partial charge in [0.25, 0.3) is 0 Å². The molecule has 0 aliphatic heterocycles. The fraction of sp³-hybridized carbons (Fsp3) is 0.333. The molecule has 4 nitrogen and oxygen atoms in total. The van der Waals surface area contributed by atoms with Gasteiger partial charge in [0.2, 0.25) is 0 Å². The van der Waals surface area contributed by atoms with Gasteiger partial charge in [0.1, 0.15) is 9.88 Å². The Hall–Kier alpha value is -1.88. The third kappa shape index (κ3) is 2.99. The smallest absolute Gasteiger partial charge is 0.350 e. The van der Waals surface area contributed by atoms with Crippen molar-refractivity contribution >= 4 is 23.0 Å². The number of anilines is 1. The minimum Gasteiger partial charge on any atom is -0.462 e. The number of ether oxygens (including phenoxy) is 1. The Bertz CT molecular complexity index is 603. The summed E-state index contributed by atoms with van der Waals surface area (Å²) < 4.78 is 5.10. The molecule has 0 aliphatic rings. The summed E-state index contributed by atoms with van der Waals surface area (Å²) in [6, 6.07) is 7.48. The Labute approximate surface area is 122 Å². The van der Waals surface area contributed by atoms with Crippen molar-refractivity contribution in [3.8, 4) is 10.6 Å². The number of nitrogen functional groups attached to an aromatic ring is 1. The molecule has 20 heavy (non-hydrogen) atoms. The van der Waals surface area contributed by atoms with E-state index in [-0.39, 0.29) is 11.9 Å². The molecule has 0 atom stereocenters. The van der Waals surface area contributed by atoms with Crippen molar-refractivity contribution in [1.82, 2.24) is 4.98 Å². The van der Waals surface area contributed by atoms with E-state index in [0.29, 0.717) is 17.2 Å². The minimum atomic E-state index is -0.296. The van der Waals surface area contributed by atoms with Crippen LogP contribution in [0.2, 0.25) is 0 Å². The number of thiazole rings is 1. The quantitative estimate of drug-likeness (QED) is 0.689. The average molecular weight is 290 g/mol. The number of rotatable bonds is 4. The number of aromatic nitrogens is 1. The number of benzene rings is 1. The maximum absolute atomic E-state index is 12.0. The molecule has 0 saturated heterocycles. The second-order valence-corrected chi connectivity index (χ2v) is 5.73. The van der Waals surface area contributed by atoms with Gasteiger partial charge in [-0.2, -0.15) is 0 Å². The molecule has 1 aromatic heterocycles. The Balaban J connectivity index is 2.43. The van der Waals surface area contributed by atoms with Crippen LogP contribution in [-0.4, -0.2) is 17.6 Å². The Morgan fingerprint density at radius 2 is 2.00 bits per heavy atom. The zero-order valence-electron chi connectivity index (χ0n) is 11.8. The summed E-state index contributed by atoms with van der Waals surface area (Å²) in [6.07, 6.45) is 0. The first kappa shape index (κ1) is 14.5. The summed E-state index contributed by atoms with van der Waals surface area (Å²) in [7, 11) is 0. The van der Waals surface area contributed by atoms with Crippen molar-refractivity contribution < 1.29 is 9.53 Å². The monoisotopic (exact) mass is 290 g/mol. The highest BCUT2D eigenvalue weighted by molar-refractivity contribution is 7.17. The maximum Gasteiger partial charge on any atom is 0.350 e. The minimum absolute atomic E-state index is 0.174. The van der Waals surface area contributed by atoms with Crippen LogP contribution in [-0.2, 0) is 4.74 Å². The molecule has 0 fully saturated rings. The Morgan fingerprint density at radius 1 is 1.35 bits per heavy atom. The molecule has 0 aliphatic carbocycles. The van der Waals surface area contributed by atoms with E-state index in [1.54, 1.807) is 6.92 Å². The third-order valence-electron chi connectivity index (χ3n) is 2.82. The second-order valence-electron chi connectivity index (χ2n) is 4.73. The normalized spacial score (nSPS) is 10.8. The number of hydrogen-bond donors (Lipinski definition) is 1. The van der Waals surface area contributed by atoms with Crippen LogP contribution < -0.4 is 5.73 Å². The molecular weight excluding hydrogens is 272 g/mol. The maximum atomic E-state index is 12.0. The van der Waals surface area contributed by atoms with Crippen LogP contribution in [0.1, 0.15) is 42.1 Å². The summed E-state index contributed by atoms with van der Waals surface area (Å²) in [6.45, 7) is 6.20. The van der Waals surface area contributed by atoms with Crippen LogP contribution >= 0.6 is 11.3 Å². The van der Waals surface area contributed by atoms with E-state index in [9.17, 15) is 4.79 Å². The van der Waals surface area contributed by atoms with Crippen LogP contribution in [0.5, 0.6) is 0 Å². The molecule has 0 unspecified atom stereocenters. The number of esters is 1. The van der Waals surface area contributed by atoms with E-state index in [1.807, 2.05) is 38.1 Å². The number of nitrogens with zero attached hydrogens (tertiary/aromatic N) is 1. The standard InChI is InChI=1S/C15H18N2O2S/c1-4-19-15(18)13-12(9(2)3)17-14(20-13)10-5-7-11(16)8-6-10/h5-9H,4,16H2,1-3H3. The molecule has 106 valence electrons. The van der Waals surface area contributed by atoms with Gasteiger partial charge in [-0.05, 0) is 37.1 Å². The highest BCUT2D eigenvalue weighted by atomic mass is 32.1. The van der Waals surface area contributed by atoms with E-state index in [4.69, 9.17) is 10.5 Å². The first-order chi connectivity index (χ1) is 9.52. The molecule has 0 saturated carbocycles. The lowest BCUT2D eigenvalue weighted by Crippen LogP contribution is -2.06. The van der Waals surface area contributed by atoms with Gasteiger partial charge < -0.3 is 10.5 Å². The Kier molecular flexibility index (Phi) is 4.39. The van der Waals surface area contributed by atoms with E-state index >= 15 is 0 Å². The van der Waals surface area contributed by atoms with Crippen molar-refractivity contribution in [3.05, 3.63) is 34.8 Å². The molecule has 0 spiro atoms. The number of carbonyl (C=O) groups excluding carboxylic acids is 1. The highest BCUT2D eigenvalue weighted by Gasteiger charge is 2.21. The van der Waals surface area contributed by atoms with Gasteiger partial charge in [-0.25, -0.2) is 9.78 Å². The summed E-state index contributed by atoms with van der Waals surface area (Å²) in [5.74, 6) is -0.122. The number of hydrogen-bond acceptors (Lipinski definition) is 5.